The number of nitrogens with one attached hydrogen (secondary N) is 1. The number of furan rings is 1. The molecule has 0 bridgehead atoms. The summed E-state index contributed by atoms with van der Waals surface area (Å²) in [5.74, 6) is 1.08. The Balaban J connectivity index is 1.52. The Morgan fingerprint density at radius 1 is 1.24 bits per heavy atom. The summed E-state index contributed by atoms with van der Waals surface area (Å²) in [4.78, 5) is 14.3. The van der Waals surface area contributed by atoms with E-state index in [9.17, 15) is 4.79 Å². The number of amides is 1. The van der Waals surface area contributed by atoms with Crippen LogP contribution in [0.2, 0.25) is 0 Å². The second-order valence-electron chi connectivity index (χ2n) is 5.28. The van der Waals surface area contributed by atoms with Gasteiger partial charge in [0.15, 0.2) is 0 Å². The van der Waals surface area contributed by atoms with E-state index in [4.69, 9.17) is 4.42 Å². The third-order valence-electron chi connectivity index (χ3n) is 3.81. The first-order valence-corrected chi connectivity index (χ1v) is 7.46. The van der Waals surface area contributed by atoms with E-state index in [1.54, 1.807) is 6.26 Å². The minimum atomic E-state index is 0.189. The Morgan fingerprint density at radius 3 is 3.00 bits per heavy atom. The van der Waals surface area contributed by atoms with E-state index in [1.165, 1.54) is 5.56 Å². The number of nitrogens with zero attached hydrogens (tertiary/aromatic N) is 1. The van der Waals surface area contributed by atoms with Crippen molar-refractivity contribution < 1.29 is 9.21 Å². The molecule has 110 valence electrons. The normalized spacial score (nSPS) is 14.0. The molecule has 1 N–H and O–H groups in total. The van der Waals surface area contributed by atoms with Crippen LogP contribution in [-0.4, -0.2) is 19.0 Å². The van der Waals surface area contributed by atoms with Crippen LogP contribution in [0, 0.1) is 0 Å². The van der Waals surface area contributed by atoms with Crippen LogP contribution in [0.5, 0.6) is 0 Å². The molecule has 0 fully saturated rings. The first-order chi connectivity index (χ1) is 10.3. The van der Waals surface area contributed by atoms with Crippen LogP contribution < -0.4 is 10.2 Å². The Kier molecular flexibility index (Phi) is 4.36. The molecule has 4 nitrogen and oxygen atoms in total. The number of para-hydroxylation sites is 1. The first-order valence-electron chi connectivity index (χ1n) is 7.46. The monoisotopic (exact) mass is 284 g/mol. The molecule has 0 spiro atoms. The van der Waals surface area contributed by atoms with Crippen LogP contribution in [-0.2, 0) is 17.8 Å². The summed E-state index contributed by atoms with van der Waals surface area (Å²) >= 11 is 0. The SMILES string of the molecule is O=C(CCNCc1ccco1)N1CCCc2ccccc21. The van der Waals surface area contributed by atoms with Gasteiger partial charge in [0, 0.05) is 25.2 Å². The van der Waals surface area contributed by atoms with E-state index >= 15 is 0 Å². The summed E-state index contributed by atoms with van der Waals surface area (Å²) in [5.41, 5.74) is 2.36. The lowest BCUT2D eigenvalue weighted by Gasteiger charge is -2.29. The van der Waals surface area contributed by atoms with Gasteiger partial charge in [-0.25, -0.2) is 0 Å². The molecule has 0 atom stereocenters. The molecule has 0 unspecified atom stereocenters. The molecule has 1 amide bonds. The largest absolute Gasteiger partial charge is 0.468 e. The minimum Gasteiger partial charge on any atom is -0.468 e. The highest BCUT2D eigenvalue weighted by Gasteiger charge is 2.21. The maximum absolute atomic E-state index is 12.4. The number of hydrogen-bond acceptors (Lipinski definition) is 3. The fourth-order valence-corrected chi connectivity index (χ4v) is 2.75. The third kappa shape index (κ3) is 3.34. The number of carbonyl (C=O) groups is 1. The summed E-state index contributed by atoms with van der Waals surface area (Å²) in [6.07, 6.45) is 4.28. The van der Waals surface area contributed by atoms with E-state index in [0.717, 1.165) is 30.8 Å². The standard InChI is InChI=1S/C17H20N2O2/c20-17(9-10-18-13-15-7-4-12-21-15)19-11-3-6-14-5-1-2-8-16(14)19/h1-2,4-5,7-8,12,18H,3,6,9-11,13H2. The van der Waals surface area contributed by atoms with Gasteiger partial charge in [0.2, 0.25) is 5.91 Å². The van der Waals surface area contributed by atoms with Gasteiger partial charge in [-0.3, -0.25) is 4.79 Å². The summed E-state index contributed by atoms with van der Waals surface area (Å²) in [6, 6.07) is 12.0. The zero-order valence-corrected chi connectivity index (χ0v) is 12.0. The lowest BCUT2D eigenvalue weighted by atomic mass is 10.0. The van der Waals surface area contributed by atoms with Crippen molar-refractivity contribution in [2.45, 2.75) is 25.8 Å². The Labute approximate surface area is 124 Å². The van der Waals surface area contributed by atoms with E-state index in [0.29, 0.717) is 19.5 Å². The van der Waals surface area contributed by atoms with Gasteiger partial charge in [-0.15, -0.1) is 0 Å². The molecule has 2 aromatic rings. The second kappa shape index (κ2) is 6.59. The summed E-state index contributed by atoms with van der Waals surface area (Å²) in [6.45, 7) is 2.16. The smallest absolute Gasteiger partial charge is 0.228 e. The number of hydrogen-bond donors (Lipinski definition) is 1. The van der Waals surface area contributed by atoms with Gasteiger partial charge < -0.3 is 14.6 Å². The number of carbonyl (C=O) groups excluding carboxylic acids is 1. The van der Waals surface area contributed by atoms with Crippen molar-refractivity contribution in [3.05, 3.63) is 54.0 Å². The summed E-state index contributed by atoms with van der Waals surface area (Å²) in [5, 5.41) is 3.24. The number of benzene rings is 1. The molecule has 21 heavy (non-hydrogen) atoms. The van der Waals surface area contributed by atoms with Gasteiger partial charge in [-0.1, -0.05) is 18.2 Å². The van der Waals surface area contributed by atoms with Crippen LogP contribution in [0.1, 0.15) is 24.2 Å². The maximum Gasteiger partial charge on any atom is 0.228 e. The molecule has 0 radical (unpaired) electrons. The highest BCUT2D eigenvalue weighted by molar-refractivity contribution is 5.94. The average Bonchev–Trinajstić information content (AvgIpc) is 3.04. The molecular formula is C17H20N2O2. The van der Waals surface area contributed by atoms with E-state index < -0.39 is 0 Å². The molecule has 1 aliphatic rings. The minimum absolute atomic E-state index is 0.189. The third-order valence-corrected chi connectivity index (χ3v) is 3.81. The summed E-state index contributed by atoms with van der Waals surface area (Å²) < 4.78 is 5.25. The Bertz CT molecular complexity index is 593. The molecule has 0 saturated carbocycles. The number of fused-ring (bicyclic) bond motifs is 1. The zero-order valence-electron chi connectivity index (χ0n) is 12.0. The van der Waals surface area contributed by atoms with Crippen molar-refractivity contribution in [3.8, 4) is 0 Å². The predicted molar refractivity (Wildman–Crippen MR) is 82.1 cm³/mol. The molecule has 2 heterocycles. The molecule has 0 aliphatic carbocycles. The van der Waals surface area contributed by atoms with Gasteiger partial charge in [0.25, 0.3) is 0 Å². The lowest BCUT2D eigenvalue weighted by molar-refractivity contribution is -0.118. The molecule has 3 rings (SSSR count). The topological polar surface area (TPSA) is 45.5 Å². The van der Waals surface area contributed by atoms with Crippen molar-refractivity contribution in [2.24, 2.45) is 0 Å². The molecular weight excluding hydrogens is 264 g/mol. The van der Waals surface area contributed by atoms with Crippen molar-refractivity contribution in [1.82, 2.24) is 5.32 Å². The number of anilines is 1. The number of rotatable bonds is 5. The van der Waals surface area contributed by atoms with Crippen LogP contribution in [0.3, 0.4) is 0 Å². The van der Waals surface area contributed by atoms with Crippen LogP contribution in [0.15, 0.2) is 47.1 Å². The van der Waals surface area contributed by atoms with E-state index in [1.807, 2.05) is 35.2 Å². The highest BCUT2D eigenvalue weighted by atomic mass is 16.3. The second-order valence-corrected chi connectivity index (χ2v) is 5.28. The van der Waals surface area contributed by atoms with Gasteiger partial charge in [-0.05, 0) is 36.6 Å². The predicted octanol–water partition coefficient (Wildman–Crippen LogP) is 2.74. The van der Waals surface area contributed by atoms with Crippen molar-refractivity contribution in [2.75, 3.05) is 18.0 Å². The van der Waals surface area contributed by atoms with Crippen molar-refractivity contribution in [3.63, 3.8) is 0 Å². The van der Waals surface area contributed by atoms with Crippen LogP contribution in [0.25, 0.3) is 0 Å². The van der Waals surface area contributed by atoms with Crippen LogP contribution >= 0.6 is 0 Å². The quantitative estimate of drug-likeness (QED) is 0.859. The first kappa shape index (κ1) is 13.9. The van der Waals surface area contributed by atoms with Crippen LogP contribution in [0.4, 0.5) is 5.69 Å². The summed E-state index contributed by atoms with van der Waals surface area (Å²) in [7, 11) is 0. The Hall–Kier alpha value is -2.07. The highest BCUT2D eigenvalue weighted by Crippen LogP contribution is 2.26. The van der Waals surface area contributed by atoms with Crippen molar-refractivity contribution >= 4 is 11.6 Å². The molecule has 1 aromatic heterocycles. The molecule has 1 aliphatic heterocycles. The van der Waals surface area contributed by atoms with E-state index in [2.05, 4.69) is 11.4 Å². The molecule has 4 heteroatoms. The zero-order chi connectivity index (χ0) is 14.5. The van der Waals surface area contributed by atoms with Gasteiger partial charge in [0.1, 0.15) is 5.76 Å². The van der Waals surface area contributed by atoms with Gasteiger partial charge in [-0.2, -0.15) is 0 Å². The lowest BCUT2D eigenvalue weighted by Crippen LogP contribution is -2.36. The van der Waals surface area contributed by atoms with Crippen molar-refractivity contribution in [1.29, 1.82) is 0 Å². The molecule has 1 aromatic carbocycles. The fraction of sp³-hybridized carbons (Fsp3) is 0.353. The maximum atomic E-state index is 12.4. The Morgan fingerprint density at radius 2 is 2.14 bits per heavy atom. The van der Waals surface area contributed by atoms with Gasteiger partial charge in [0.05, 0.1) is 12.8 Å². The van der Waals surface area contributed by atoms with E-state index in [-0.39, 0.29) is 5.91 Å². The molecule has 0 saturated heterocycles. The average molecular weight is 284 g/mol. The fourth-order valence-electron chi connectivity index (χ4n) is 2.75. The van der Waals surface area contributed by atoms with Gasteiger partial charge >= 0.3 is 0 Å². The number of aryl methyl sites for hydroxylation is 1.